The number of benzene rings is 1. The molecule has 5 nitrogen and oxygen atoms in total. The molecule has 1 amide bonds. The van der Waals surface area contributed by atoms with Gasteiger partial charge in [-0.05, 0) is 75.7 Å². The maximum Gasteiger partial charge on any atom is 0.260 e. The van der Waals surface area contributed by atoms with Crippen molar-refractivity contribution in [3.8, 4) is 5.75 Å². The van der Waals surface area contributed by atoms with Crippen molar-refractivity contribution in [2.75, 3.05) is 19.6 Å². The van der Waals surface area contributed by atoms with Gasteiger partial charge in [-0.2, -0.15) is 0 Å². The van der Waals surface area contributed by atoms with E-state index in [-0.39, 0.29) is 11.9 Å². The number of carbonyl (C=O) groups excluding carboxylic acids is 1. The van der Waals surface area contributed by atoms with Gasteiger partial charge in [-0.25, -0.2) is 0 Å². The molecule has 26 heavy (non-hydrogen) atoms. The molecule has 0 radical (unpaired) electrons. The second kappa shape index (κ2) is 8.60. The van der Waals surface area contributed by atoms with E-state index in [1.54, 1.807) is 25.3 Å². The zero-order valence-electron chi connectivity index (χ0n) is 15.2. The van der Waals surface area contributed by atoms with Gasteiger partial charge in [-0.3, -0.25) is 9.69 Å². The molecule has 1 aliphatic rings. The molecule has 1 aromatic heterocycles. The molecule has 3 rings (SSSR count). The van der Waals surface area contributed by atoms with Gasteiger partial charge >= 0.3 is 0 Å². The average molecular weight is 377 g/mol. The highest BCUT2D eigenvalue weighted by atomic mass is 35.5. The smallest absolute Gasteiger partial charge is 0.260 e. The van der Waals surface area contributed by atoms with Crippen molar-refractivity contribution in [3.05, 3.63) is 52.9 Å². The second-order valence-corrected chi connectivity index (χ2v) is 7.13. The van der Waals surface area contributed by atoms with Crippen molar-refractivity contribution in [3.63, 3.8) is 0 Å². The van der Waals surface area contributed by atoms with Gasteiger partial charge in [0.25, 0.3) is 5.91 Å². The Morgan fingerprint density at radius 1 is 1.35 bits per heavy atom. The summed E-state index contributed by atoms with van der Waals surface area (Å²) >= 11 is 5.96. The van der Waals surface area contributed by atoms with Crippen LogP contribution in [0.1, 0.15) is 37.1 Å². The zero-order chi connectivity index (χ0) is 18.5. The highest BCUT2D eigenvalue weighted by Crippen LogP contribution is 2.25. The summed E-state index contributed by atoms with van der Waals surface area (Å²) in [5, 5.41) is 3.66. The van der Waals surface area contributed by atoms with Crippen molar-refractivity contribution < 1.29 is 13.9 Å². The summed E-state index contributed by atoms with van der Waals surface area (Å²) < 4.78 is 11.4. The molecule has 0 spiro atoms. The third kappa shape index (κ3) is 4.59. The van der Waals surface area contributed by atoms with Crippen molar-refractivity contribution in [1.29, 1.82) is 0 Å². The Morgan fingerprint density at radius 2 is 2.12 bits per heavy atom. The van der Waals surface area contributed by atoms with E-state index in [0.717, 1.165) is 24.4 Å². The Morgan fingerprint density at radius 3 is 2.77 bits per heavy atom. The standard InChI is InChI=1S/C20H25ClN2O3/c1-14-12-16(21)7-8-18(14)26-15(2)20(24)22-13-17(19-6-5-11-25-19)23-9-3-4-10-23/h5-8,11-12,15,17H,3-4,9-10,13H2,1-2H3,(H,22,24). The molecule has 0 bridgehead atoms. The maximum atomic E-state index is 12.5. The monoisotopic (exact) mass is 376 g/mol. The summed E-state index contributed by atoms with van der Waals surface area (Å²) in [7, 11) is 0. The molecule has 1 saturated heterocycles. The van der Waals surface area contributed by atoms with E-state index in [1.165, 1.54) is 12.8 Å². The molecule has 0 aliphatic carbocycles. The van der Waals surface area contributed by atoms with Crippen LogP contribution in [0.25, 0.3) is 0 Å². The Kier molecular flexibility index (Phi) is 6.22. The first-order valence-corrected chi connectivity index (χ1v) is 9.40. The van der Waals surface area contributed by atoms with Crippen molar-refractivity contribution in [2.45, 2.75) is 38.8 Å². The molecular formula is C20H25ClN2O3. The Hall–Kier alpha value is -1.98. The minimum Gasteiger partial charge on any atom is -0.481 e. The highest BCUT2D eigenvalue weighted by Gasteiger charge is 2.27. The number of halogens is 1. The maximum absolute atomic E-state index is 12.5. The molecule has 1 aliphatic heterocycles. The third-order valence-electron chi connectivity index (χ3n) is 4.73. The summed E-state index contributed by atoms with van der Waals surface area (Å²) in [4.78, 5) is 14.9. The lowest BCUT2D eigenvalue weighted by Gasteiger charge is -2.26. The van der Waals surface area contributed by atoms with Crippen molar-refractivity contribution in [1.82, 2.24) is 10.2 Å². The number of hydrogen-bond donors (Lipinski definition) is 1. The quantitative estimate of drug-likeness (QED) is 0.794. The topological polar surface area (TPSA) is 54.7 Å². The van der Waals surface area contributed by atoms with E-state index >= 15 is 0 Å². The van der Waals surface area contributed by atoms with E-state index in [1.807, 2.05) is 25.1 Å². The Bertz CT molecular complexity index is 727. The van der Waals surface area contributed by atoms with Crippen LogP contribution >= 0.6 is 11.6 Å². The number of carbonyl (C=O) groups is 1. The molecule has 1 aromatic carbocycles. The molecule has 2 unspecified atom stereocenters. The highest BCUT2D eigenvalue weighted by molar-refractivity contribution is 6.30. The van der Waals surface area contributed by atoms with E-state index in [0.29, 0.717) is 17.3 Å². The van der Waals surface area contributed by atoms with Gasteiger partial charge in [-0.1, -0.05) is 11.6 Å². The zero-order valence-corrected chi connectivity index (χ0v) is 16.0. The first-order chi connectivity index (χ1) is 12.5. The van der Waals surface area contributed by atoms with Gasteiger partial charge in [0.15, 0.2) is 6.10 Å². The number of furan rings is 1. The predicted octanol–water partition coefficient (Wildman–Crippen LogP) is 3.96. The minimum atomic E-state index is -0.592. The van der Waals surface area contributed by atoms with Crippen molar-refractivity contribution in [2.24, 2.45) is 0 Å². The van der Waals surface area contributed by atoms with Gasteiger partial charge in [-0.15, -0.1) is 0 Å². The summed E-state index contributed by atoms with van der Waals surface area (Å²) in [6, 6.07) is 9.27. The normalized spacial score (nSPS) is 17.0. The van der Waals surface area contributed by atoms with Crippen LogP contribution in [0.3, 0.4) is 0 Å². The van der Waals surface area contributed by atoms with Gasteiger partial charge < -0.3 is 14.5 Å². The van der Waals surface area contributed by atoms with Gasteiger partial charge in [0.1, 0.15) is 11.5 Å². The van der Waals surface area contributed by atoms with Gasteiger partial charge in [0.2, 0.25) is 0 Å². The molecule has 6 heteroatoms. The van der Waals surface area contributed by atoms with Crippen LogP contribution in [0.4, 0.5) is 0 Å². The third-order valence-corrected chi connectivity index (χ3v) is 4.97. The number of nitrogens with zero attached hydrogens (tertiary/aromatic N) is 1. The number of hydrogen-bond acceptors (Lipinski definition) is 4. The molecule has 140 valence electrons. The molecule has 0 saturated carbocycles. The van der Waals surface area contributed by atoms with Crippen LogP contribution < -0.4 is 10.1 Å². The number of nitrogens with one attached hydrogen (secondary N) is 1. The molecule has 1 N–H and O–H groups in total. The fraction of sp³-hybridized carbons (Fsp3) is 0.450. The van der Waals surface area contributed by atoms with Crippen LogP contribution in [-0.2, 0) is 4.79 Å². The lowest BCUT2D eigenvalue weighted by atomic mass is 10.2. The largest absolute Gasteiger partial charge is 0.481 e. The number of rotatable bonds is 7. The van der Waals surface area contributed by atoms with E-state index in [4.69, 9.17) is 20.8 Å². The molecule has 2 aromatic rings. The minimum absolute atomic E-state index is 0.0564. The molecule has 2 atom stereocenters. The van der Waals surface area contributed by atoms with E-state index < -0.39 is 6.10 Å². The number of amides is 1. The van der Waals surface area contributed by atoms with Crippen LogP contribution in [0.2, 0.25) is 5.02 Å². The van der Waals surface area contributed by atoms with Gasteiger partial charge in [0.05, 0.1) is 12.3 Å². The molecular weight excluding hydrogens is 352 g/mol. The summed E-state index contributed by atoms with van der Waals surface area (Å²) in [6.45, 7) is 6.21. The second-order valence-electron chi connectivity index (χ2n) is 6.69. The Balaban J connectivity index is 1.59. The molecule has 1 fully saturated rings. The van der Waals surface area contributed by atoms with Gasteiger partial charge in [0, 0.05) is 11.6 Å². The van der Waals surface area contributed by atoms with E-state index in [9.17, 15) is 4.79 Å². The first kappa shape index (κ1) is 18.8. The van der Waals surface area contributed by atoms with Crippen LogP contribution in [0, 0.1) is 6.92 Å². The lowest BCUT2D eigenvalue weighted by molar-refractivity contribution is -0.127. The summed E-state index contributed by atoms with van der Waals surface area (Å²) in [6.07, 6.45) is 3.45. The fourth-order valence-electron chi connectivity index (χ4n) is 3.27. The summed E-state index contributed by atoms with van der Waals surface area (Å²) in [5.41, 5.74) is 0.905. The van der Waals surface area contributed by atoms with Crippen molar-refractivity contribution >= 4 is 17.5 Å². The SMILES string of the molecule is Cc1cc(Cl)ccc1OC(C)C(=O)NCC(c1ccco1)N1CCCC1. The molecule has 2 heterocycles. The number of likely N-dealkylation sites (tertiary alicyclic amines) is 1. The number of aryl methyl sites for hydroxylation is 1. The van der Waals surface area contributed by atoms with E-state index in [2.05, 4.69) is 10.2 Å². The summed E-state index contributed by atoms with van der Waals surface area (Å²) in [5.74, 6) is 1.41. The first-order valence-electron chi connectivity index (χ1n) is 9.02. The fourth-order valence-corrected chi connectivity index (χ4v) is 3.50. The van der Waals surface area contributed by atoms with Crippen LogP contribution in [-0.4, -0.2) is 36.5 Å². The van der Waals surface area contributed by atoms with Crippen LogP contribution in [0.5, 0.6) is 5.75 Å². The predicted molar refractivity (Wildman–Crippen MR) is 102 cm³/mol. The lowest BCUT2D eigenvalue weighted by Crippen LogP contribution is -2.41. The van der Waals surface area contributed by atoms with Crippen LogP contribution in [0.15, 0.2) is 41.0 Å². The average Bonchev–Trinajstić information content (AvgIpc) is 3.31. The number of ether oxygens (including phenoxy) is 1. The Labute approximate surface area is 159 Å².